The molecule has 1 aliphatic heterocycles. The molecule has 0 saturated heterocycles. The third-order valence-corrected chi connectivity index (χ3v) is 3.34. The molecule has 4 nitrogen and oxygen atoms in total. The van der Waals surface area contributed by atoms with E-state index < -0.39 is 0 Å². The lowest BCUT2D eigenvalue weighted by molar-refractivity contribution is -0.115. The molecule has 1 heterocycles. The molecule has 5 heteroatoms. The molecular formula is C14H12ClN3O. The molecule has 0 atom stereocenters. The van der Waals surface area contributed by atoms with Crippen molar-refractivity contribution >= 4 is 40.3 Å². The van der Waals surface area contributed by atoms with Crippen molar-refractivity contribution in [2.45, 2.75) is 0 Å². The third kappa shape index (κ3) is 2.11. The van der Waals surface area contributed by atoms with Gasteiger partial charge in [0, 0.05) is 5.69 Å². The fraction of sp³-hybridized carbons (Fsp3) is 0.0714. The van der Waals surface area contributed by atoms with Crippen LogP contribution in [0.15, 0.2) is 42.5 Å². The number of para-hydroxylation sites is 2. The zero-order valence-electron chi connectivity index (χ0n) is 10.1. The third-order valence-electron chi connectivity index (χ3n) is 3.03. The molecule has 0 fully saturated rings. The molecule has 3 rings (SSSR count). The number of nitrogens with zero attached hydrogens (tertiary/aromatic N) is 1. The van der Waals surface area contributed by atoms with Crippen LogP contribution in [0.25, 0.3) is 0 Å². The number of amides is 1. The Kier molecular flexibility index (Phi) is 2.80. The highest BCUT2D eigenvalue weighted by molar-refractivity contribution is 6.34. The maximum atomic E-state index is 11.8. The van der Waals surface area contributed by atoms with E-state index in [1.807, 2.05) is 35.2 Å². The first kappa shape index (κ1) is 11.9. The maximum absolute atomic E-state index is 11.8. The summed E-state index contributed by atoms with van der Waals surface area (Å²) in [6.45, 7) is 0.237. The largest absolute Gasteiger partial charge is 0.399 e. The lowest BCUT2D eigenvalue weighted by Gasteiger charge is -2.31. The summed E-state index contributed by atoms with van der Waals surface area (Å²) in [5.74, 6) is -0.0633. The minimum Gasteiger partial charge on any atom is -0.399 e. The number of halogens is 1. The van der Waals surface area contributed by atoms with Gasteiger partial charge in [0.2, 0.25) is 5.91 Å². The van der Waals surface area contributed by atoms with E-state index in [0.717, 1.165) is 17.1 Å². The Morgan fingerprint density at radius 1 is 1.16 bits per heavy atom. The summed E-state index contributed by atoms with van der Waals surface area (Å²) in [5, 5.41) is 3.37. The predicted octanol–water partition coefficient (Wildman–Crippen LogP) is 3.01. The Labute approximate surface area is 115 Å². The van der Waals surface area contributed by atoms with Gasteiger partial charge in [-0.3, -0.25) is 4.79 Å². The van der Waals surface area contributed by atoms with Gasteiger partial charge in [0.15, 0.2) is 0 Å². The van der Waals surface area contributed by atoms with E-state index in [9.17, 15) is 4.79 Å². The van der Waals surface area contributed by atoms with E-state index in [0.29, 0.717) is 10.7 Å². The average Bonchev–Trinajstić information content (AvgIpc) is 2.38. The summed E-state index contributed by atoms with van der Waals surface area (Å²) in [6, 6.07) is 12.9. The number of carbonyl (C=O) groups is 1. The normalized spacial score (nSPS) is 13.9. The lowest BCUT2D eigenvalue weighted by atomic mass is 10.1. The van der Waals surface area contributed by atoms with E-state index in [1.165, 1.54) is 0 Å². The molecule has 1 aliphatic rings. The highest BCUT2D eigenvalue weighted by Gasteiger charge is 2.24. The van der Waals surface area contributed by atoms with Crippen molar-refractivity contribution in [1.29, 1.82) is 0 Å². The van der Waals surface area contributed by atoms with Crippen LogP contribution in [0.4, 0.5) is 22.7 Å². The number of benzene rings is 2. The van der Waals surface area contributed by atoms with Gasteiger partial charge in [-0.05, 0) is 30.3 Å². The summed E-state index contributed by atoms with van der Waals surface area (Å²) in [4.78, 5) is 13.7. The van der Waals surface area contributed by atoms with Crippen LogP contribution in [-0.2, 0) is 4.79 Å². The van der Waals surface area contributed by atoms with Crippen molar-refractivity contribution in [2.24, 2.45) is 0 Å². The van der Waals surface area contributed by atoms with Crippen LogP contribution in [0.1, 0.15) is 0 Å². The highest BCUT2D eigenvalue weighted by Crippen LogP contribution is 2.38. The Hall–Kier alpha value is -2.20. The topological polar surface area (TPSA) is 58.4 Å². The molecule has 96 valence electrons. The van der Waals surface area contributed by atoms with Gasteiger partial charge >= 0.3 is 0 Å². The van der Waals surface area contributed by atoms with Crippen LogP contribution in [0.3, 0.4) is 0 Å². The molecule has 3 N–H and O–H groups in total. The van der Waals surface area contributed by atoms with Crippen molar-refractivity contribution in [2.75, 3.05) is 22.5 Å². The fourth-order valence-corrected chi connectivity index (χ4v) is 2.48. The first-order valence-corrected chi connectivity index (χ1v) is 6.24. The summed E-state index contributed by atoms with van der Waals surface area (Å²) in [5.41, 5.74) is 8.78. The van der Waals surface area contributed by atoms with E-state index >= 15 is 0 Å². The van der Waals surface area contributed by atoms with Crippen molar-refractivity contribution in [1.82, 2.24) is 0 Å². The van der Waals surface area contributed by atoms with Gasteiger partial charge in [-0.15, -0.1) is 0 Å². The number of rotatable bonds is 1. The second kappa shape index (κ2) is 4.48. The van der Waals surface area contributed by atoms with Gasteiger partial charge in [0.1, 0.15) is 6.54 Å². The number of carbonyl (C=O) groups excluding carboxylic acids is 1. The number of hydrogen-bond donors (Lipinski definition) is 2. The molecule has 0 aromatic heterocycles. The Morgan fingerprint density at radius 2 is 1.95 bits per heavy atom. The first-order chi connectivity index (χ1) is 9.15. The molecule has 0 saturated carbocycles. The summed E-state index contributed by atoms with van der Waals surface area (Å²) in [7, 11) is 0. The highest BCUT2D eigenvalue weighted by atomic mass is 35.5. The number of anilines is 4. The predicted molar refractivity (Wildman–Crippen MR) is 77.9 cm³/mol. The van der Waals surface area contributed by atoms with E-state index in [-0.39, 0.29) is 12.5 Å². The molecule has 2 aromatic rings. The van der Waals surface area contributed by atoms with Crippen molar-refractivity contribution in [3.05, 3.63) is 47.5 Å². The summed E-state index contributed by atoms with van der Waals surface area (Å²) < 4.78 is 0. The minimum absolute atomic E-state index is 0.0633. The average molecular weight is 274 g/mol. The van der Waals surface area contributed by atoms with Crippen LogP contribution in [0.5, 0.6) is 0 Å². The molecule has 0 unspecified atom stereocenters. The van der Waals surface area contributed by atoms with Crippen LogP contribution in [0, 0.1) is 0 Å². The molecule has 0 bridgehead atoms. The zero-order valence-corrected chi connectivity index (χ0v) is 10.8. The monoisotopic (exact) mass is 273 g/mol. The quantitative estimate of drug-likeness (QED) is 0.785. The van der Waals surface area contributed by atoms with E-state index in [2.05, 4.69) is 5.32 Å². The van der Waals surface area contributed by atoms with E-state index in [4.69, 9.17) is 17.3 Å². The van der Waals surface area contributed by atoms with Gasteiger partial charge in [-0.2, -0.15) is 0 Å². The molecule has 1 amide bonds. The minimum atomic E-state index is -0.0633. The number of nitrogen functional groups attached to an aromatic ring is 1. The summed E-state index contributed by atoms with van der Waals surface area (Å²) >= 11 is 6.22. The van der Waals surface area contributed by atoms with Gasteiger partial charge in [-0.1, -0.05) is 23.7 Å². The van der Waals surface area contributed by atoms with Gasteiger partial charge in [-0.25, -0.2) is 0 Å². The second-order valence-corrected chi connectivity index (χ2v) is 4.77. The maximum Gasteiger partial charge on any atom is 0.244 e. The van der Waals surface area contributed by atoms with Crippen LogP contribution in [0.2, 0.25) is 5.02 Å². The number of hydrogen-bond acceptors (Lipinski definition) is 3. The molecule has 0 spiro atoms. The Bertz CT molecular complexity index is 657. The fourth-order valence-electron chi connectivity index (χ4n) is 2.19. The second-order valence-electron chi connectivity index (χ2n) is 4.36. The molecule has 0 radical (unpaired) electrons. The van der Waals surface area contributed by atoms with Crippen LogP contribution < -0.4 is 16.0 Å². The standard InChI is InChI=1S/C14H12ClN3O/c15-10-7-9(16)5-6-12(10)18-8-14(19)17-11-3-1-2-4-13(11)18/h1-7H,8,16H2,(H,17,19). The van der Waals surface area contributed by atoms with Crippen LogP contribution in [-0.4, -0.2) is 12.5 Å². The van der Waals surface area contributed by atoms with Crippen molar-refractivity contribution in [3.8, 4) is 0 Å². The molecular weight excluding hydrogens is 262 g/mol. The molecule has 2 aromatic carbocycles. The van der Waals surface area contributed by atoms with Crippen LogP contribution >= 0.6 is 11.6 Å². The first-order valence-electron chi connectivity index (χ1n) is 5.86. The number of fused-ring (bicyclic) bond motifs is 1. The van der Waals surface area contributed by atoms with Crippen molar-refractivity contribution in [3.63, 3.8) is 0 Å². The molecule has 0 aliphatic carbocycles. The lowest BCUT2D eigenvalue weighted by Crippen LogP contribution is -2.35. The SMILES string of the molecule is Nc1ccc(N2CC(=O)Nc3ccccc32)c(Cl)c1. The summed E-state index contributed by atoms with van der Waals surface area (Å²) in [6.07, 6.45) is 0. The smallest absolute Gasteiger partial charge is 0.244 e. The molecule has 19 heavy (non-hydrogen) atoms. The number of nitrogens with one attached hydrogen (secondary N) is 1. The van der Waals surface area contributed by atoms with Gasteiger partial charge < -0.3 is 16.0 Å². The Morgan fingerprint density at radius 3 is 2.74 bits per heavy atom. The van der Waals surface area contributed by atoms with Gasteiger partial charge in [0.25, 0.3) is 0 Å². The van der Waals surface area contributed by atoms with Crippen molar-refractivity contribution < 1.29 is 4.79 Å². The zero-order chi connectivity index (χ0) is 13.4. The van der Waals surface area contributed by atoms with E-state index in [1.54, 1.807) is 12.1 Å². The Balaban J connectivity index is 2.12. The number of nitrogens with two attached hydrogens (primary N) is 1. The van der Waals surface area contributed by atoms with Gasteiger partial charge in [0.05, 0.1) is 22.1 Å².